The van der Waals surface area contributed by atoms with Crippen molar-refractivity contribution in [2.45, 2.75) is 56.9 Å². The van der Waals surface area contributed by atoms with Crippen LogP contribution < -0.4 is 10.6 Å². The second-order valence-corrected chi connectivity index (χ2v) is 10.7. The number of nitrogens with two attached hydrogens (primary N) is 1. The van der Waals surface area contributed by atoms with E-state index in [1.54, 1.807) is 12.3 Å². The maximum Gasteiger partial charge on any atom is 0.416 e. The number of aromatic hydroxyl groups is 1. The summed E-state index contributed by atoms with van der Waals surface area (Å²) in [5.41, 5.74) is 6.88. The molecule has 0 spiro atoms. The van der Waals surface area contributed by atoms with Gasteiger partial charge in [-0.2, -0.15) is 18.3 Å². The lowest BCUT2D eigenvalue weighted by atomic mass is 9.91. The number of halogens is 4. The SMILES string of the molecule is NC1CCCC(n2c(O)c(Cc3ccc4c(cnn4Cc4ccc(Cl)cc4C(F)(F)F)c3)sc2=O)C1. The van der Waals surface area contributed by atoms with Crippen LogP contribution >= 0.6 is 22.9 Å². The first kappa shape index (κ1) is 24.9. The molecule has 0 saturated heterocycles. The second-order valence-electron chi connectivity index (χ2n) is 9.24. The molecular formula is C25H24ClF3N4O2S. The summed E-state index contributed by atoms with van der Waals surface area (Å²) in [6, 6.07) is 9.14. The smallest absolute Gasteiger partial charge is 0.416 e. The molecule has 2 heterocycles. The number of rotatable bonds is 5. The van der Waals surface area contributed by atoms with E-state index in [9.17, 15) is 23.1 Å². The van der Waals surface area contributed by atoms with Crippen molar-refractivity contribution in [3.63, 3.8) is 0 Å². The lowest BCUT2D eigenvalue weighted by Gasteiger charge is -2.27. The molecule has 11 heteroatoms. The van der Waals surface area contributed by atoms with Gasteiger partial charge in [0, 0.05) is 28.9 Å². The van der Waals surface area contributed by atoms with Crippen LogP contribution in [0.15, 0.2) is 47.4 Å². The topological polar surface area (TPSA) is 86.1 Å². The molecule has 2 atom stereocenters. The van der Waals surface area contributed by atoms with Gasteiger partial charge in [0.15, 0.2) is 0 Å². The van der Waals surface area contributed by atoms with Gasteiger partial charge in [0.1, 0.15) is 0 Å². The predicted molar refractivity (Wildman–Crippen MR) is 134 cm³/mol. The van der Waals surface area contributed by atoms with E-state index in [0.29, 0.717) is 23.2 Å². The van der Waals surface area contributed by atoms with E-state index in [1.807, 2.05) is 12.1 Å². The first-order valence-electron chi connectivity index (χ1n) is 11.6. The fourth-order valence-electron chi connectivity index (χ4n) is 4.96. The Balaban J connectivity index is 1.40. The van der Waals surface area contributed by atoms with Crippen molar-refractivity contribution in [3.8, 4) is 5.88 Å². The standard InChI is InChI=1S/C25H24ClF3N4O2S/c26-17-6-5-15(20(10-17)25(27,28)29)13-32-21-7-4-14(8-16(21)12-31-32)9-22-23(34)33(24(35)36-22)19-3-1-2-18(30)11-19/h4-8,10,12,18-19,34H,1-3,9,11,13,30H2. The molecule has 2 aromatic heterocycles. The van der Waals surface area contributed by atoms with E-state index in [2.05, 4.69) is 5.10 Å². The number of thiazole rings is 1. The van der Waals surface area contributed by atoms with Gasteiger partial charge in [0.05, 0.1) is 28.7 Å². The van der Waals surface area contributed by atoms with Gasteiger partial charge in [-0.25, -0.2) is 0 Å². The zero-order chi connectivity index (χ0) is 25.6. The van der Waals surface area contributed by atoms with Crippen molar-refractivity contribution in [1.82, 2.24) is 14.3 Å². The predicted octanol–water partition coefficient (Wildman–Crippen LogP) is 5.72. The van der Waals surface area contributed by atoms with Crippen LogP contribution in [0.2, 0.25) is 5.02 Å². The Morgan fingerprint density at radius 3 is 2.75 bits per heavy atom. The summed E-state index contributed by atoms with van der Waals surface area (Å²) in [5, 5.41) is 15.9. The van der Waals surface area contributed by atoms with Crippen LogP contribution in [0.3, 0.4) is 0 Å². The molecule has 2 unspecified atom stereocenters. The van der Waals surface area contributed by atoms with E-state index >= 15 is 0 Å². The number of nitrogens with zero attached hydrogens (tertiary/aromatic N) is 3. The van der Waals surface area contributed by atoms with Crippen LogP contribution in [0.4, 0.5) is 13.2 Å². The fourth-order valence-corrected chi connectivity index (χ4v) is 6.11. The minimum atomic E-state index is -4.53. The quantitative estimate of drug-likeness (QED) is 0.341. The average molecular weight is 537 g/mol. The van der Waals surface area contributed by atoms with Gasteiger partial charge in [-0.3, -0.25) is 14.0 Å². The van der Waals surface area contributed by atoms with Gasteiger partial charge in [-0.05, 0) is 61.1 Å². The molecular weight excluding hydrogens is 513 g/mol. The summed E-state index contributed by atoms with van der Waals surface area (Å²) in [6.07, 6.45) is 0.743. The number of alkyl halides is 3. The molecule has 0 bridgehead atoms. The van der Waals surface area contributed by atoms with Crippen molar-refractivity contribution in [3.05, 3.63) is 78.9 Å². The Morgan fingerprint density at radius 2 is 2.00 bits per heavy atom. The van der Waals surface area contributed by atoms with Crippen LogP contribution in [-0.4, -0.2) is 25.5 Å². The Labute approximate surface area is 213 Å². The summed E-state index contributed by atoms with van der Waals surface area (Å²) in [6.45, 7) is -0.0658. The van der Waals surface area contributed by atoms with Gasteiger partial charge < -0.3 is 10.8 Å². The van der Waals surface area contributed by atoms with Crippen molar-refractivity contribution in [2.24, 2.45) is 5.73 Å². The first-order valence-corrected chi connectivity index (χ1v) is 12.8. The summed E-state index contributed by atoms with van der Waals surface area (Å²) >= 11 is 6.82. The molecule has 1 aliphatic rings. The number of benzene rings is 2. The third-order valence-corrected chi connectivity index (χ3v) is 7.89. The minimum absolute atomic E-state index is 0.0117. The average Bonchev–Trinajstić information content (AvgIpc) is 3.33. The molecule has 3 N–H and O–H groups in total. The van der Waals surface area contributed by atoms with E-state index < -0.39 is 11.7 Å². The maximum atomic E-state index is 13.5. The molecule has 0 amide bonds. The summed E-state index contributed by atoms with van der Waals surface area (Å²) in [5.74, 6) is -0.0117. The molecule has 0 aliphatic heterocycles. The zero-order valence-electron chi connectivity index (χ0n) is 19.1. The Hall–Kier alpha value is -2.82. The van der Waals surface area contributed by atoms with Crippen molar-refractivity contribution in [2.75, 3.05) is 0 Å². The molecule has 36 heavy (non-hydrogen) atoms. The zero-order valence-corrected chi connectivity index (χ0v) is 20.7. The lowest BCUT2D eigenvalue weighted by Crippen LogP contribution is -2.32. The molecule has 0 radical (unpaired) electrons. The highest BCUT2D eigenvalue weighted by molar-refractivity contribution is 7.09. The number of fused-ring (bicyclic) bond motifs is 1. The van der Waals surface area contributed by atoms with Crippen molar-refractivity contribution < 1.29 is 18.3 Å². The minimum Gasteiger partial charge on any atom is -0.494 e. The third-order valence-electron chi connectivity index (χ3n) is 6.71. The second kappa shape index (κ2) is 9.57. The van der Waals surface area contributed by atoms with Crippen LogP contribution in [0.5, 0.6) is 5.88 Å². The van der Waals surface area contributed by atoms with Gasteiger partial charge in [-0.15, -0.1) is 0 Å². The Bertz CT molecular complexity index is 1480. The molecule has 4 aromatic rings. The molecule has 5 rings (SSSR count). The van der Waals surface area contributed by atoms with Gasteiger partial charge in [-0.1, -0.05) is 35.1 Å². The fraction of sp³-hybridized carbons (Fsp3) is 0.360. The van der Waals surface area contributed by atoms with E-state index in [-0.39, 0.29) is 40.0 Å². The molecule has 1 aliphatic carbocycles. The van der Waals surface area contributed by atoms with Crippen molar-refractivity contribution in [1.29, 1.82) is 0 Å². The van der Waals surface area contributed by atoms with Gasteiger partial charge in [0.2, 0.25) is 5.88 Å². The maximum absolute atomic E-state index is 13.5. The van der Waals surface area contributed by atoms with Crippen LogP contribution in [0.1, 0.15) is 53.3 Å². The summed E-state index contributed by atoms with van der Waals surface area (Å²) in [7, 11) is 0. The first-order chi connectivity index (χ1) is 17.1. The normalized spacial score (nSPS) is 18.7. The lowest BCUT2D eigenvalue weighted by molar-refractivity contribution is -0.138. The highest BCUT2D eigenvalue weighted by Gasteiger charge is 2.33. The number of hydrogen-bond donors (Lipinski definition) is 2. The largest absolute Gasteiger partial charge is 0.494 e. The Kier molecular flexibility index (Phi) is 6.61. The van der Waals surface area contributed by atoms with E-state index in [0.717, 1.165) is 47.6 Å². The number of hydrogen-bond acceptors (Lipinski definition) is 5. The van der Waals surface area contributed by atoms with E-state index in [4.69, 9.17) is 17.3 Å². The molecule has 190 valence electrons. The van der Waals surface area contributed by atoms with Crippen LogP contribution in [0, 0.1) is 0 Å². The van der Waals surface area contributed by atoms with E-state index in [1.165, 1.54) is 21.4 Å². The summed E-state index contributed by atoms with van der Waals surface area (Å²) in [4.78, 5) is 13.0. The highest BCUT2D eigenvalue weighted by atomic mass is 35.5. The summed E-state index contributed by atoms with van der Waals surface area (Å²) < 4.78 is 43.5. The molecule has 2 aromatic carbocycles. The van der Waals surface area contributed by atoms with Crippen LogP contribution in [-0.2, 0) is 19.1 Å². The monoisotopic (exact) mass is 536 g/mol. The third kappa shape index (κ3) is 4.89. The molecule has 1 saturated carbocycles. The van der Waals surface area contributed by atoms with Crippen LogP contribution in [0.25, 0.3) is 10.9 Å². The highest BCUT2D eigenvalue weighted by Crippen LogP contribution is 2.35. The van der Waals surface area contributed by atoms with Crippen molar-refractivity contribution >= 4 is 33.8 Å². The molecule has 1 fully saturated rings. The number of aromatic nitrogens is 3. The van der Waals surface area contributed by atoms with Gasteiger partial charge in [0.25, 0.3) is 0 Å². The van der Waals surface area contributed by atoms with Gasteiger partial charge >= 0.3 is 11.0 Å². The Morgan fingerprint density at radius 1 is 1.19 bits per heavy atom. The molecule has 6 nitrogen and oxygen atoms in total.